The number of benzene rings is 2. The summed E-state index contributed by atoms with van der Waals surface area (Å²) in [5, 5.41) is 2.14. The first kappa shape index (κ1) is 19.6. The topological polar surface area (TPSA) is 49.4 Å². The highest BCUT2D eigenvalue weighted by molar-refractivity contribution is 6.36. The molecule has 0 radical (unpaired) electrons. The molecule has 0 saturated carbocycles. The fraction of sp³-hybridized carbons (Fsp3) is 0.222. The van der Waals surface area contributed by atoms with Gasteiger partial charge >= 0.3 is 0 Å². The summed E-state index contributed by atoms with van der Waals surface area (Å²) in [6.45, 7) is 5.38. The summed E-state index contributed by atoms with van der Waals surface area (Å²) in [6.07, 6.45) is 0. The summed E-state index contributed by atoms with van der Waals surface area (Å²) in [4.78, 5) is 25.5. The molecule has 0 heterocycles. The number of nitrogens with one attached hydrogen (secondary N) is 1. The van der Waals surface area contributed by atoms with Crippen LogP contribution in [0.15, 0.2) is 42.5 Å². The molecule has 7 heteroatoms. The van der Waals surface area contributed by atoms with Gasteiger partial charge in [0.2, 0.25) is 0 Å². The van der Waals surface area contributed by atoms with Crippen molar-refractivity contribution >= 4 is 46.6 Å². The third kappa shape index (κ3) is 4.66. The molecule has 4 nitrogen and oxygen atoms in total. The zero-order chi connectivity index (χ0) is 18.8. The highest BCUT2D eigenvalue weighted by atomic mass is 35.5. The molecule has 2 aromatic rings. The van der Waals surface area contributed by atoms with Crippen molar-refractivity contribution < 1.29 is 9.59 Å². The van der Waals surface area contributed by atoms with E-state index < -0.39 is 17.4 Å². The number of carbonyl (C=O) groups is 2. The zero-order valence-electron chi connectivity index (χ0n) is 13.9. The van der Waals surface area contributed by atoms with Crippen LogP contribution in [-0.4, -0.2) is 22.4 Å². The highest BCUT2D eigenvalue weighted by Gasteiger charge is 2.31. The molecule has 2 aromatic carbocycles. The lowest BCUT2D eigenvalue weighted by atomic mass is 10.1. The van der Waals surface area contributed by atoms with Gasteiger partial charge in [-0.3, -0.25) is 15.0 Å². The minimum Gasteiger partial charge on any atom is -0.267 e. The average molecular weight is 400 g/mol. The second-order valence-corrected chi connectivity index (χ2v) is 7.61. The standard InChI is InChI=1S/C18H17Cl3N2O2/c1-18(2,3)23(17(25)12-6-4-5-7-14(12)20)22-16(24)13-10-11(19)8-9-15(13)21/h4-10H,1-3H3,(H,22,24). The van der Waals surface area contributed by atoms with Crippen LogP contribution in [0, 0.1) is 0 Å². The highest BCUT2D eigenvalue weighted by Crippen LogP contribution is 2.23. The van der Waals surface area contributed by atoms with E-state index in [0.717, 1.165) is 0 Å². The van der Waals surface area contributed by atoms with Crippen LogP contribution in [0.4, 0.5) is 0 Å². The van der Waals surface area contributed by atoms with Crippen LogP contribution >= 0.6 is 34.8 Å². The molecule has 0 spiro atoms. The van der Waals surface area contributed by atoms with Gasteiger partial charge in [-0.2, -0.15) is 0 Å². The Morgan fingerprint density at radius 3 is 2.12 bits per heavy atom. The van der Waals surface area contributed by atoms with Gasteiger partial charge in [0.25, 0.3) is 11.8 Å². The molecule has 2 amide bonds. The van der Waals surface area contributed by atoms with E-state index >= 15 is 0 Å². The van der Waals surface area contributed by atoms with Crippen LogP contribution in [0.1, 0.15) is 41.5 Å². The molecule has 25 heavy (non-hydrogen) atoms. The number of amides is 2. The van der Waals surface area contributed by atoms with Crippen LogP contribution in [0.25, 0.3) is 0 Å². The molecule has 0 atom stereocenters. The van der Waals surface area contributed by atoms with Gasteiger partial charge in [-0.15, -0.1) is 0 Å². The van der Waals surface area contributed by atoms with Gasteiger partial charge in [0.1, 0.15) is 0 Å². The van der Waals surface area contributed by atoms with Gasteiger partial charge in [0.05, 0.1) is 26.7 Å². The van der Waals surface area contributed by atoms with Crippen molar-refractivity contribution in [3.63, 3.8) is 0 Å². The third-order valence-electron chi connectivity index (χ3n) is 3.36. The summed E-state index contributed by atoms with van der Waals surface area (Å²) in [5.74, 6) is -0.965. The van der Waals surface area contributed by atoms with Crippen LogP contribution in [0.5, 0.6) is 0 Å². The second kappa shape index (κ2) is 7.65. The molecule has 2 rings (SSSR count). The third-order valence-corrected chi connectivity index (χ3v) is 4.26. The maximum Gasteiger partial charge on any atom is 0.274 e. The first-order valence-corrected chi connectivity index (χ1v) is 8.60. The normalized spacial score (nSPS) is 11.1. The van der Waals surface area contributed by atoms with Crippen molar-refractivity contribution in [2.45, 2.75) is 26.3 Å². The minimum absolute atomic E-state index is 0.176. The van der Waals surface area contributed by atoms with Crippen molar-refractivity contribution in [1.29, 1.82) is 0 Å². The van der Waals surface area contributed by atoms with E-state index in [0.29, 0.717) is 10.0 Å². The number of hydrogen-bond donors (Lipinski definition) is 1. The van der Waals surface area contributed by atoms with Crippen molar-refractivity contribution in [2.75, 3.05) is 0 Å². The molecule has 0 aliphatic heterocycles. The number of hydrogen-bond acceptors (Lipinski definition) is 2. The molecule has 1 N–H and O–H groups in total. The van der Waals surface area contributed by atoms with E-state index in [1.54, 1.807) is 51.1 Å². The van der Waals surface area contributed by atoms with Gasteiger partial charge in [-0.05, 0) is 51.1 Å². The van der Waals surface area contributed by atoms with Crippen LogP contribution in [0.3, 0.4) is 0 Å². The summed E-state index contributed by atoms with van der Waals surface area (Å²) in [7, 11) is 0. The molecule has 0 bridgehead atoms. The largest absolute Gasteiger partial charge is 0.274 e. The lowest BCUT2D eigenvalue weighted by Gasteiger charge is -2.35. The van der Waals surface area contributed by atoms with E-state index in [1.807, 2.05) is 0 Å². The Morgan fingerprint density at radius 2 is 1.52 bits per heavy atom. The van der Waals surface area contributed by atoms with Gasteiger partial charge in [0.15, 0.2) is 0 Å². The summed E-state index contributed by atoms with van der Waals surface area (Å²) in [6, 6.07) is 11.2. The summed E-state index contributed by atoms with van der Waals surface area (Å²) >= 11 is 18.1. The van der Waals surface area contributed by atoms with E-state index in [4.69, 9.17) is 34.8 Å². The van der Waals surface area contributed by atoms with E-state index in [-0.39, 0.29) is 16.1 Å². The number of nitrogens with zero attached hydrogens (tertiary/aromatic N) is 1. The van der Waals surface area contributed by atoms with Crippen LogP contribution in [-0.2, 0) is 0 Å². The SMILES string of the molecule is CC(C)(C)N(NC(=O)c1cc(Cl)ccc1Cl)C(=O)c1ccccc1Cl. The van der Waals surface area contributed by atoms with Gasteiger partial charge in [-0.1, -0.05) is 46.9 Å². The number of carbonyl (C=O) groups excluding carboxylic acids is 2. The lowest BCUT2D eigenvalue weighted by molar-refractivity contribution is 0.0359. The quantitative estimate of drug-likeness (QED) is 0.703. The fourth-order valence-electron chi connectivity index (χ4n) is 2.11. The Kier molecular flexibility index (Phi) is 5.99. The van der Waals surface area contributed by atoms with Gasteiger partial charge in [0, 0.05) is 5.02 Å². The molecule has 0 fully saturated rings. The van der Waals surface area contributed by atoms with Crippen molar-refractivity contribution in [3.05, 3.63) is 68.7 Å². The molecule has 132 valence electrons. The number of halogens is 3. The number of hydrazine groups is 1. The van der Waals surface area contributed by atoms with E-state index in [1.165, 1.54) is 17.1 Å². The van der Waals surface area contributed by atoms with Crippen molar-refractivity contribution in [1.82, 2.24) is 10.4 Å². The predicted molar refractivity (Wildman–Crippen MR) is 101 cm³/mol. The van der Waals surface area contributed by atoms with Crippen molar-refractivity contribution in [2.24, 2.45) is 0 Å². The zero-order valence-corrected chi connectivity index (χ0v) is 16.2. The Hall–Kier alpha value is -1.75. The smallest absolute Gasteiger partial charge is 0.267 e. The molecular formula is C18H17Cl3N2O2. The van der Waals surface area contributed by atoms with Crippen LogP contribution < -0.4 is 5.43 Å². The first-order chi connectivity index (χ1) is 11.6. The Bertz CT molecular complexity index is 816. The Morgan fingerprint density at radius 1 is 0.920 bits per heavy atom. The molecule has 0 aliphatic rings. The maximum absolute atomic E-state index is 12.9. The van der Waals surface area contributed by atoms with E-state index in [2.05, 4.69) is 5.43 Å². The summed E-state index contributed by atoms with van der Waals surface area (Å²) in [5.41, 5.74) is 2.38. The predicted octanol–water partition coefficient (Wildman–Crippen LogP) is 5.23. The minimum atomic E-state index is -0.697. The van der Waals surface area contributed by atoms with Gasteiger partial charge in [-0.25, -0.2) is 5.01 Å². The summed E-state index contributed by atoms with van der Waals surface area (Å²) < 4.78 is 0. The monoisotopic (exact) mass is 398 g/mol. The maximum atomic E-state index is 12.9. The fourth-order valence-corrected chi connectivity index (χ4v) is 2.70. The molecule has 0 unspecified atom stereocenters. The van der Waals surface area contributed by atoms with Crippen molar-refractivity contribution in [3.8, 4) is 0 Å². The molecular weight excluding hydrogens is 383 g/mol. The lowest BCUT2D eigenvalue weighted by Crippen LogP contribution is -2.56. The average Bonchev–Trinajstić information content (AvgIpc) is 2.53. The molecule has 0 saturated heterocycles. The Labute approximate surface area is 161 Å². The number of rotatable bonds is 2. The van der Waals surface area contributed by atoms with Crippen LogP contribution in [0.2, 0.25) is 15.1 Å². The Balaban J connectivity index is 2.36. The van der Waals surface area contributed by atoms with Gasteiger partial charge < -0.3 is 0 Å². The first-order valence-electron chi connectivity index (χ1n) is 7.46. The molecule has 0 aliphatic carbocycles. The van der Waals surface area contributed by atoms with E-state index in [9.17, 15) is 9.59 Å². The molecule has 0 aromatic heterocycles. The second-order valence-electron chi connectivity index (χ2n) is 6.36.